The number of nitrogens with zero attached hydrogens (tertiary/aromatic N) is 2. The fourth-order valence-electron chi connectivity index (χ4n) is 4.91. The van der Waals surface area contributed by atoms with Crippen LogP contribution in [0.2, 0.25) is 0 Å². The second-order valence-electron chi connectivity index (χ2n) is 9.99. The predicted octanol–water partition coefficient (Wildman–Crippen LogP) is 8.27. The minimum atomic E-state index is -0.153. The van der Waals surface area contributed by atoms with Gasteiger partial charge in [0.15, 0.2) is 5.82 Å². The smallest absolute Gasteiger partial charge is 0.311 e. The van der Waals surface area contributed by atoms with Gasteiger partial charge in [0.1, 0.15) is 5.75 Å². The van der Waals surface area contributed by atoms with Gasteiger partial charge in [0.05, 0.1) is 0 Å². The van der Waals surface area contributed by atoms with Crippen molar-refractivity contribution in [3.63, 3.8) is 0 Å². The number of fused-ring (bicyclic) bond motifs is 1. The summed E-state index contributed by atoms with van der Waals surface area (Å²) in [6.45, 7) is 4.44. The van der Waals surface area contributed by atoms with Crippen molar-refractivity contribution < 1.29 is 9.53 Å². The fourth-order valence-corrected chi connectivity index (χ4v) is 4.91. The first-order chi connectivity index (χ1) is 16.7. The van der Waals surface area contributed by atoms with E-state index in [1.807, 2.05) is 30.5 Å². The maximum atomic E-state index is 12.0. The maximum Gasteiger partial charge on any atom is 0.311 e. The number of hydrogen-bond donors (Lipinski definition) is 0. The molecule has 34 heavy (non-hydrogen) atoms. The zero-order valence-corrected chi connectivity index (χ0v) is 21.5. The van der Waals surface area contributed by atoms with Gasteiger partial charge in [-0.15, -0.1) is 0 Å². The van der Waals surface area contributed by atoms with Crippen LogP contribution < -0.4 is 4.74 Å². The average molecular weight is 465 g/mol. The first-order valence-corrected chi connectivity index (χ1v) is 13.9. The SMILES string of the molecule is CCCCCCCCCC1CCc2nc(-c3ccc(OC(=O)CCCCCC)cc3)ncc2C1. The third-order valence-electron chi connectivity index (χ3n) is 7.05. The highest BCUT2D eigenvalue weighted by Gasteiger charge is 2.20. The number of rotatable bonds is 15. The Labute approximate surface area is 206 Å². The van der Waals surface area contributed by atoms with E-state index in [0.717, 1.165) is 43.0 Å². The second kappa shape index (κ2) is 14.9. The fraction of sp³-hybridized carbons (Fsp3) is 0.633. The zero-order chi connectivity index (χ0) is 24.0. The molecule has 1 aliphatic carbocycles. The molecule has 1 atom stereocenters. The Morgan fingerprint density at radius 3 is 2.32 bits per heavy atom. The highest BCUT2D eigenvalue weighted by atomic mass is 16.5. The number of carbonyl (C=O) groups excluding carboxylic acids is 1. The van der Waals surface area contributed by atoms with Gasteiger partial charge in [0.25, 0.3) is 0 Å². The number of carbonyl (C=O) groups is 1. The quantitative estimate of drug-likeness (QED) is 0.151. The van der Waals surface area contributed by atoms with Crippen LogP contribution in [0.1, 0.15) is 115 Å². The number of aryl methyl sites for hydroxylation is 1. The van der Waals surface area contributed by atoms with Crippen LogP contribution in [0.5, 0.6) is 5.75 Å². The van der Waals surface area contributed by atoms with Gasteiger partial charge in [-0.25, -0.2) is 9.97 Å². The van der Waals surface area contributed by atoms with Crippen molar-refractivity contribution >= 4 is 5.97 Å². The molecule has 4 heteroatoms. The van der Waals surface area contributed by atoms with E-state index in [4.69, 9.17) is 9.72 Å². The molecule has 3 rings (SSSR count). The lowest BCUT2D eigenvalue weighted by Crippen LogP contribution is -2.16. The summed E-state index contributed by atoms with van der Waals surface area (Å²) in [7, 11) is 0. The van der Waals surface area contributed by atoms with Crippen molar-refractivity contribution in [1.29, 1.82) is 0 Å². The summed E-state index contributed by atoms with van der Waals surface area (Å²) in [6, 6.07) is 7.60. The Bertz CT molecular complexity index is 863. The van der Waals surface area contributed by atoms with E-state index >= 15 is 0 Å². The maximum absolute atomic E-state index is 12.0. The molecule has 0 bridgehead atoms. The van der Waals surface area contributed by atoms with Gasteiger partial charge in [-0.2, -0.15) is 0 Å². The molecule has 1 aromatic carbocycles. The predicted molar refractivity (Wildman–Crippen MR) is 140 cm³/mol. The minimum Gasteiger partial charge on any atom is -0.427 e. The Balaban J connectivity index is 1.44. The lowest BCUT2D eigenvalue weighted by atomic mass is 9.84. The summed E-state index contributed by atoms with van der Waals surface area (Å²) in [4.78, 5) is 21.6. The third kappa shape index (κ3) is 8.85. The summed E-state index contributed by atoms with van der Waals surface area (Å²) >= 11 is 0. The first kappa shape index (κ1) is 26.4. The molecule has 0 radical (unpaired) electrons. The molecule has 4 nitrogen and oxygen atoms in total. The number of benzene rings is 1. The van der Waals surface area contributed by atoms with Crippen molar-refractivity contribution in [2.24, 2.45) is 5.92 Å². The molecule has 0 aliphatic heterocycles. The van der Waals surface area contributed by atoms with Gasteiger partial charge in [-0.05, 0) is 61.4 Å². The molecule has 1 aliphatic rings. The highest BCUT2D eigenvalue weighted by Crippen LogP contribution is 2.29. The van der Waals surface area contributed by atoms with Gasteiger partial charge in [-0.3, -0.25) is 4.79 Å². The average Bonchev–Trinajstić information content (AvgIpc) is 2.86. The molecule has 1 aromatic heterocycles. The number of aromatic nitrogens is 2. The number of unbranched alkanes of at least 4 members (excludes halogenated alkanes) is 9. The number of esters is 1. The Morgan fingerprint density at radius 1 is 0.912 bits per heavy atom. The van der Waals surface area contributed by atoms with Crippen molar-refractivity contribution in [3.05, 3.63) is 41.7 Å². The van der Waals surface area contributed by atoms with E-state index in [0.29, 0.717) is 12.2 Å². The van der Waals surface area contributed by atoms with Crippen molar-refractivity contribution in [1.82, 2.24) is 9.97 Å². The summed E-state index contributed by atoms with van der Waals surface area (Å²) in [6.07, 6.45) is 21.3. The van der Waals surface area contributed by atoms with Crippen LogP contribution >= 0.6 is 0 Å². The molecule has 186 valence electrons. The summed E-state index contributed by atoms with van der Waals surface area (Å²) in [5, 5.41) is 0. The van der Waals surface area contributed by atoms with Gasteiger partial charge >= 0.3 is 5.97 Å². The normalized spacial score (nSPS) is 15.2. The van der Waals surface area contributed by atoms with Gasteiger partial charge in [0.2, 0.25) is 0 Å². The lowest BCUT2D eigenvalue weighted by Gasteiger charge is -2.24. The van der Waals surface area contributed by atoms with Crippen LogP contribution in [0.4, 0.5) is 0 Å². The van der Waals surface area contributed by atoms with Crippen LogP contribution in [0.25, 0.3) is 11.4 Å². The highest BCUT2D eigenvalue weighted by molar-refractivity contribution is 5.72. The van der Waals surface area contributed by atoms with Crippen molar-refractivity contribution in [3.8, 4) is 17.1 Å². The molecule has 0 N–H and O–H groups in total. The molecule has 2 aromatic rings. The summed E-state index contributed by atoms with van der Waals surface area (Å²) < 4.78 is 5.47. The lowest BCUT2D eigenvalue weighted by molar-refractivity contribution is -0.134. The molecule has 0 amide bonds. The monoisotopic (exact) mass is 464 g/mol. The molecule has 0 saturated carbocycles. The molecule has 1 heterocycles. The van der Waals surface area contributed by atoms with Crippen LogP contribution in [-0.4, -0.2) is 15.9 Å². The number of hydrogen-bond acceptors (Lipinski definition) is 4. The van der Waals surface area contributed by atoms with Gasteiger partial charge < -0.3 is 4.74 Å². The van der Waals surface area contributed by atoms with E-state index in [1.165, 1.54) is 81.9 Å². The molecule has 0 saturated heterocycles. The topological polar surface area (TPSA) is 52.1 Å². The van der Waals surface area contributed by atoms with Gasteiger partial charge in [-0.1, -0.05) is 84.5 Å². The van der Waals surface area contributed by atoms with E-state index in [9.17, 15) is 4.79 Å². The Kier molecular flexibility index (Phi) is 11.6. The van der Waals surface area contributed by atoms with E-state index in [2.05, 4.69) is 18.8 Å². The number of ether oxygens (including phenoxy) is 1. The first-order valence-electron chi connectivity index (χ1n) is 13.9. The molecular formula is C30H44N2O2. The van der Waals surface area contributed by atoms with Gasteiger partial charge in [0, 0.05) is 23.9 Å². The standard InChI is InChI=1S/C30H44N2O2/c1-3-5-7-9-10-11-12-14-24-16-21-28-26(22-24)23-31-30(32-28)25-17-19-27(20-18-25)34-29(33)15-13-8-6-4-2/h17-20,23-24H,3-16,21-22H2,1-2H3. The molecular weight excluding hydrogens is 420 g/mol. The van der Waals surface area contributed by atoms with E-state index in [-0.39, 0.29) is 5.97 Å². The van der Waals surface area contributed by atoms with Crippen LogP contribution in [-0.2, 0) is 17.6 Å². The largest absolute Gasteiger partial charge is 0.427 e. The van der Waals surface area contributed by atoms with E-state index < -0.39 is 0 Å². The molecule has 0 spiro atoms. The summed E-state index contributed by atoms with van der Waals surface area (Å²) in [5.41, 5.74) is 3.51. The van der Waals surface area contributed by atoms with Crippen molar-refractivity contribution in [2.45, 2.75) is 117 Å². The van der Waals surface area contributed by atoms with Crippen molar-refractivity contribution in [2.75, 3.05) is 0 Å². The zero-order valence-electron chi connectivity index (χ0n) is 21.5. The van der Waals surface area contributed by atoms with Crippen LogP contribution in [0.15, 0.2) is 30.5 Å². The van der Waals surface area contributed by atoms with Crippen LogP contribution in [0, 0.1) is 5.92 Å². The molecule has 1 unspecified atom stereocenters. The molecule has 0 fully saturated rings. The second-order valence-corrected chi connectivity index (χ2v) is 9.99. The van der Waals surface area contributed by atoms with E-state index in [1.54, 1.807) is 0 Å². The Hall–Kier alpha value is -2.23. The minimum absolute atomic E-state index is 0.153. The Morgan fingerprint density at radius 2 is 1.59 bits per heavy atom. The third-order valence-corrected chi connectivity index (χ3v) is 7.05. The summed E-state index contributed by atoms with van der Waals surface area (Å²) in [5.74, 6) is 1.99. The van der Waals surface area contributed by atoms with Crippen LogP contribution in [0.3, 0.4) is 0 Å².